The first-order valence-corrected chi connectivity index (χ1v) is 8.50. The lowest BCUT2D eigenvalue weighted by atomic mass is 10.1. The predicted molar refractivity (Wildman–Crippen MR) is 96.1 cm³/mol. The van der Waals surface area contributed by atoms with Crippen molar-refractivity contribution in [2.75, 3.05) is 11.1 Å². The number of carbonyl (C=O) groups is 1. The molecule has 0 aliphatic heterocycles. The standard InChI is InChI=1S/C17H13ClN4OS/c18-13-6-8-15(19-10-13)20-16(23)11-24-17-9-7-14(21-22-17)12-4-2-1-3-5-12/h1-10H,11H2,(H,19,20,23). The molecule has 7 heteroatoms. The topological polar surface area (TPSA) is 67.8 Å². The molecule has 1 N–H and O–H groups in total. The Hall–Kier alpha value is -2.44. The van der Waals surface area contributed by atoms with E-state index in [1.54, 1.807) is 12.1 Å². The lowest BCUT2D eigenvalue weighted by Gasteiger charge is -2.04. The Morgan fingerprint density at radius 1 is 1.04 bits per heavy atom. The van der Waals surface area contributed by atoms with Crippen molar-refractivity contribution in [2.24, 2.45) is 0 Å². The van der Waals surface area contributed by atoms with E-state index in [4.69, 9.17) is 11.6 Å². The Bertz CT molecular complexity index is 810. The van der Waals surface area contributed by atoms with Gasteiger partial charge in [-0.1, -0.05) is 53.7 Å². The van der Waals surface area contributed by atoms with Crippen molar-refractivity contribution in [2.45, 2.75) is 5.03 Å². The summed E-state index contributed by atoms with van der Waals surface area (Å²) in [6, 6.07) is 16.9. The summed E-state index contributed by atoms with van der Waals surface area (Å²) in [5.41, 5.74) is 1.81. The van der Waals surface area contributed by atoms with Gasteiger partial charge in [-0.05, 0) is 24.3 Å². The Balaban J connectivity index is 1.54. The third kappa shape index (κ3) is 4.53. The van der Waals surface area contributed by atoms with Gasteiger partial charge in [-0.3, -0.25) is 4.79 Å². The van der Waals surface area contributed by atoms with Gasteiger partial charge in [0.05, 0.1) is 16.5 Å². The van der Waals surface area contributed by atoms with Crippen LogP contribution in [-0.4, -0.2) is 26.8 Å². The van der Waals surface area contributed by atoms with Gasteiger partial charge in [0.2, 0.25) is 5.91 Å². The summed E-state index contributed by atoms with van der Waals surface area (Å²) >= 11 is 7.07. The number of amides is 1. The zero-order valence-electron chi connectivity index (χ0n) is 12.5. The molecule has 0 bridgehead atoms. The highest BCUT2D eigenvalue weighted by atomic mass is 35.5. The number of aromatic nitrogens is 3. The molecule has 1 amide bonds. The Morgan fingerprint density at radius 2 is 1.88 bits per heavy atom. The van der Waals surface area contributed by atoms with E-state index in [9.17, 15) is 4.79 Å². The molecule has 2 heterocycles. The number of anilines is 1. The first kappa shape index (κ1) is 16.4. The number of carbonyl (C=O) groups excluding carboxylic acids is 1. The van der Waals surface area contributed by atoms with E-state index in [-0.39, 0.29) is 11.7 Å². The van der Waals surface area contributed by atoms with Gasteiger partial charge in [-0.2, -0.15) is 0 Å². The van der Waals surface area contributed by atoms with Crippen molar-refractivity contribution in [1.29, 1.82) is 0 Å². The summed E-state index contributed by atoms with van der Waals surface area (Å²) in [6.45, 7) is 0. The number of hydrogen-bond donors (Lipinski definition) is 1. The molecule has 1 aromatic carbocycles. The van der Waals surface area contributed by atoms with E-state index < -0.39 is 0 Å². The van der Waals surface area contributed by atoms with Crippen LogP contribution in [0.15, 0.2) is 65.8 Å². The van der Waals surface area contributed by atoms with Crippen molar-refractivity contribution in [3.63, 3.8) is 0 Å². The molecule has 0 unspecified atom stereocenters. The van der Waals surface area contributed by atoms with Crippen LogP contribution in [0.5, 0.6) is 0 Å². The second-order valence-electron chi connectivity index (χ2n) is 4.82. The Kier molecular flexibility index (Phi) is 5.40. The number of thioether (sulfide) groups is 1. The average Bonchev–Trinajstić information content (AvgIpc) is 2.63. The summed E-state index contributed by atoms with van der Waals surface area (Å²) in [5.74, 6) is 0.531. The smallest absolute Gasteiger partial charge is 0.235 e. The highest BCUT2D eigenvalue weighted by molar-refractivity contribution is 7.99. The predicted octanol–water partition coefficient (Wildman–Crippen LogP) is 3.92. The maximum atomic E-state index is 11.9. The molecule has 0 saturated heterocycles. The van der Waals surface area contributed by atoms with E-state index in [1.807, 2.05) is 42.5 Å². The third-order valence-electron chi connectivity index (χ3n) is 3.06. The number of pyridine rings is 1. The monoisotopic (exact) mass is 356 g/mol. The van der Waals surface area contributed by atoms with Crippen LogP contribution in [0.25, 0.3) is 11.3 Å². The first-order chi connectivity index (χ1) is 11.7. The molecular weight excluding hydrogens is 344 g/mol. The molecule has 0 fully saturated rings. The highest BCUT2D eigenvalue weighted by Crippen LogP contribution is 2.19. The highest BCUT2D eigenvalue weighted by Gasteiger charge is 2.06. The number of nitrogens with one attached hydrogen (secondary N) is 1. The number of benzene rings is 1. The second kappa shape index (κ2) is 7.90. The molecule has 0 aliphatic rings. The molecule has 0 saturated carbocycles. The van der Waals surface area contributed by atoms with Crippen molar-refractivity contribution in [1.82, 2.24) is 15.2 Å². The van der Waals surface area contributed by atoms with Gasteiger partial charge >= 0.3 is 0 Å². The summed E-state index contributed by atoms with van der Waals surface area (Å²) in [7, 11) is 0. The first-order valence-electron chi connectivity index (χ1n) is 7.14. The van der Waals surface area contributed by atoms with E-state index in [0.29, 0.717) is 15.9 Å². The van der Waals surface area contributed by atoms with Crippen LogP contribution >= 0.6 is 23.4 Å². The fraction of sp³-hybridized carbons (Fsp3) is 0.0588. The van der Waals surface area contributed by atoms with Gasteiger partial charge in [0, 0.05) is 11.8 Å². The van der Waals surface area contributed by atoms with Crippen molar-refractivity contribution >= 4 is 35.1 Å². The second-order valence-corrected chi connectivity index (χ2v) is 6.25. The minimum Gasteiger partial charge on any atom is -0.310 e. The van der Waals surface area contributed by atoms with Gasteiger partial charge in [0.25, 0.3) is 0 Å². The van der Waals surface area contributed by atoms with E-state index in [2.05, 4.69) is 20.5 Å². The van der Waals surface area contributed by atoms with Crippen LogP contribution in [0.3, 0.4) is 0 Å². The molecule has 0 aliphatic carbocycles. The fourth-order valence-corrected chi connectivity index (χ4v) is 2.65. The van der Waals surface area contributed by atoms with Crippen LogP contribution in [0.1, 0.15) is 0 Å². The summed E-state index contributed by atoms with van der Waals surface area (Å²) < 4.78 is 0. The lowest BCUT2D eigenvalue weighted by Crippen LogP contribution is -2.15. The quantitative estimate of drug-likeness (QED) is 0.702. The fourth-order valence-electron chi connectivity index (χ4n) is 1.93. The SMILES string of the molecule is O=C(CSc1ccc(-c2ccccc2)nn1)Nc1ccc(Cl)cn1. The zero-order valence-corrected chi connectivity index (χ0v) is 14.1. The summed E-state index contributed by atoms with van der Waals surface area (Å²) in [4.78, 5) is 15.9. The molecule has 120 valence electrons. The minimum absolute atomic E-state index is 0.163. The minimum atomic E-state index is -0.163. The molecule has 3 rings (SSSR count). The molecule has 5 nitrogen and oxygen atoms in total. The molecule has 24 heavy (non-hydrogen) atoms. The van der Waals surface area contributed by atoms with Gasteiger partial charge < -0.3 is 5.32 Å². The normalized spacial score (nSPS) is 10.4. The van der Waals surface area contributed by atoms with Crippen LogP contribution < -0.4 is 5.32 Å². The lowest BCUT2D eigenvalue weighted by molar-refractivity contribution is -0.113. The van der Waals surface area contributed by atoms with Gasteiger partial charge in [-0.25, -0.2) is 4.98 Å². The van der Waals surface area contributed by atoms with Crippen molar-refractivity contribution in [3.8, 4) is 11.3 Å². The van der Waals surface area contributed by atoms with Crippen molar-refractivity contribution < 1.29 is 4.79 Å². The van der Waals surface area contributed by atoms with E-state index in [1.165, 1.54) is 18.0 Å². The number of nitrogens with zero attached hydrogens (tertiary/aromatic N) is 3. The van der Waals surface area contributed by atoms with Gasteiger partial charge in [0.1, 0.15) is 10.8 Å². The maximum absolute atomic E-state index is 11.9. The molecule has 3 aromatic rings. The molecule has 0 atom stereocenters. The van der Waals surface area contributed by atoms with Crippen LogP contribution in [0.2, 0.25) is 5.02 Å². The van der Waals surface area contributed by atoms with Gasteiger partial charge in [0.15, 0.2) is 0 Å². The molecule has 0 radical (unpaired) electrons. The third-order valence-corrected chi connectivity index (χ3v) is 4.20. The van der Waals surface area contributed by atoms with Gasteiger partial charge in [-0.15, -0.1) is 10.2 Å². The van der Waals surface area contributed by atoms with E-state index in [0.717, 1.165) is 11.3 Å². The Morgan fingerprint density at radius 3 is 2.54 bits per heavy atom. The number of halogens is 1. The van der Waals surface area contributed by atoms with E-state index >= 15 is 0 Å². The average molecular weight is 357 g/mol. The maximum Gasteiger partial charge on any atom is 0.235 e. The van der Waals surface area contributed by atoms with Crippen molar-refractivity contribution in [3.05, 3.63) is 65.8 Å². The molecular formula is C17H13ClN4OS. The Labute approximate surface area is 148 Å². The molecule has 0 spiro atoms. The molecule has 2 aromatic heterocycles. The van der Waals surface area contributed by atoms with Crippen LogP contribution in [0.4, 0.5) is 5.82 Å². The summed E-state index contributed by atoms with van der Waals surface area (Å²) in [5, 5.41) is 12.2. The number of hydrogen-bond acceptors (Lipinski definition) is 5. The largest absolute Gasteiger partial charge is 0.310 e. The van der Waals surface area contributed by atoms with Crippen LogP contribution in [-0.2, 0) is 4.79 Å². The summed E-state index contributed by atoms with van der Waals surface area (Å²) in [6.07, 6.45) is 1.48. The zero-order chi connectivity index (χ0) is 16.8. The van der Waals surface area contributed by atoms with Crippen LogP contribution in [0, 0.1) is 0 Å². The number of rotatable bonds is 5.